The highest BCUT2D eigenvalue weighted by Crippen LogP contribution is 2.54. The van der Waals surface area contributed by atoms with Gasteiger partial charge in [-0.2, -0.15) is 5.26 Å². The normalized spacial score (nSPS) is 11.5. The third-order valence-corrected chi connectivity index (χ3v) is 21.3. The van der Waals surface area contributed by atoms with Crippen molar-refractivity contribution in [3.63, 3.8) is 0 Å². The largest absolute Gasteiger partial charge is 0.228 e. The van der Waals surface area contributed by atoms with E-state index in [2.05, 4.69) is 323 Å². The summed E-state index contributed by atoms with van der Waals surface area (Å²) in [4.78, 5) is 21.2. The molecule has 0 N–H and O–H groups in total. The zero-order valence-electron chi connectivity index (χ0n) is 58.3. The maximum atomic E-state index is 9.42. The average Bonchev–Trinajstić information content (AvgIpc) is 1.63. The second-order valence-electron chi connectivity index (χ2n) is 27.4. The molecule has 18 aromatic rings. The smallest absolute Gasteiger partial charge is 0.160 e. The maximum absolute atomic E-state index is 9.42. The summed E-state index contributed by atoms with van der Waals surface area (Å²) >= 11 is 0. The van der Waals surface area contributed by atoms with E-state index in [-0.39, 0.29) is 0 Å². The van der Waals surface area contributed by atoms with Gasteiger partial charge in [-0.25, -0.2) is 19.9 Å². The molecule has 0 spiro atoms. The maximum Gasteiger partial charge on any atom is 0.160 e. The second kappa shape index (κ2) is 26.4. The lowest BCUT2D eigenvalue weighted by molar-refractivity contribution is 1.15. The summed E-state index contributed by atoms with van der Waals surface area (Å²) in [6.07, 6.45) is 0. The minimum Gasteiger partial charge on any atom is -0.228 e. The highest BCUT2D eigenvalue weighted by Gasteiger charge is 2.27. The number of hydrogen-bond acceptors (Lipinski definition) is 5. The second-order valence-corrected chi connectivity index (χ2v) is 27.4. The molecule has 0 saturated carbocycles. The summed E-state index contributed by atoms with van der Waals surface area (Å²) in [7, 11) is 0. The molecule has 0 atom stereocenters. The van der Waals surface area contributed by atoms with Crippen LogP contribution in [0.2, 0.25) is 0 Å². The fourth-order valence-corrected chi connectivity index (χ4v) is 16.0. The number of nitrogens with zero attached hydrogens (tertiary/aromatic N) is 5. The van der Waals surface area contributed by atoms with Crippen LogP contribution in [-0.4, -0.2) is 19.9 Å². The van der Waals surface area contributed by atoms with Gasteiger partial charge in [0, 0.05) is 44.5 Å². The highest BCUT2D eigenvalue weighted by molar-refractivity contribution is 6.22. The van der Waals surface area contributed by atoms with Crippen LogP contribution in [-0.2, 0) is 0 Å². The van der Waals surface area contributed by atoms with E-state index in [9.17, 15) is 5.26 Å². The molecule has 5 nitrogen and oxygen atoms in total. The van der Waals surface area contributed by atoms with Crippen LogP contribution < -0.4 is 0 Å². The number of benzene rings is 16. The first-order chi connectivity index (χ1) is 52.3. The molecule has 19 rings (SSSR count). The first kappa shape index (κ1) is 62.9. The molecule has 0 amide bonds. The quantitative estimate of drug-likeness (QED) is 0.115. The Morgan fingerprint density at radius 2 is 0.519 bits per heavy atom. The molecule has 0 aliphatic heterocycles. The van der Waals surface area contributed by atoms with E-state index >= 15 is 0 Å². The van der Waals surface area contributed by atoms with E-state index in [1.54, 1.807) is 0 Å². The van der Waals surface area contributed by atoms with E-state index in [1.165, 1.54) is 82.4 Å². The zero-order valence-corrected chi connectivity index (χ0v) is 58.3. The Morgan fingerprint density at radius 3 is 0.962 bits per heavy atom. The van der Waals surface area contributed by atoms with Crippen LogP contribution in [0.1, 0.15) is 16.7 Å². The number of hydrogen-bond donors (Lipinski definition) is 0. The van der Waals surface area contributed by atoms with E-state index in [0.29, 0.717) is 17.2 Å². The molecule has 0 bridgehead atoms. The molecular weight excluding hydrogens is 1280 g/mol. The predicted octanol–water partition coefficient (Wildman–Crippen LogP) is 26.5. The molecule has 1 aliphatic rings. The first-order valence-electron chi connectivity index (χ1n) is 36.0. The topological polar surface area (TPSA) is 75.3 Å². The number of rotatable bonds is 13. The van der Waals surface area contributed by atoms with Gasteiger partial charge in [-0.15, -0.1) is 0 Å². The molecule has 106 heavy (non-hydrogen) atoms. The van der Waals surface area contributed by atoms with E-state index in [4.69, 9.17) is 19.9 Å². The van der Waals surface area contributed by atoms with Gasteiger partial charge in [-0.05, 0) is 158 Å². The Balaban J connectivity index is 0.647. The monoisotopic (exact) mass is 1350 g/mol. The van der Waals surface area contributed by atoms with Crippen molar-refractivity contribution in [2.45, 2.75) is 13.8 Å². The first-order valence-corrected chi connectivity index (χ1v) is 36.0. The summed E-state index contributed by atoms with van der Waals surface area (Å²) in [5, 5.41) is 16.7. The van der Waals surface area contributed by atoms with Crippen LogP contribution in [0.4, 0.5) is 0 Å². The van der Waals surface area contributed by atoms with Crippen LogP contribution in [0.5, 0.6) is 0 Å². The standard InChI is InChI=1S/C101H65N5/c1-63-96(76-20-6-3-7-21-76)103-100(80-22-8-4-9-23-80)104-97(63)79-52-46-75(47-53-79)93-84-27-15-13-19-69(84)54-56-85(93)71-38-36-70(37-39-71)82-58-60-91-88-28-16-17-29-89(88)94-87(59-61-90(82)95(91)94)73-42-50-78(51-43-73)99-64(2)98(105-101(106-99)81-24-10-5-11-25-81)77-48-40-72(41-49-77)86-57-55-68-18-12-14-26-83(68)92(86)74-44-34-67(35-45-74)66-32-30-65(62-102)31-33-66/h3-61H,1-2H3. The minimum atomic E-state index is 0.650. The third kappa shape index (κ3) is 11.1. The number of nitriles is 1. The van der Waals surface area contributed by atoms with Crippen molar-refractivity contribution in [1.29, 1.82) is 5.26 Å². The Bertz CT molecular complexity index is 6500. The average molecular weight is 1350 g/mol. The van der Waals surface area contributed by atoms with Gasteiger partial charge < -0.3 is 0 Å². The van der Waals surface area contributed by atoms with Gasteiger partial charge in [0.2, 0.25) is 0 Å². The van der Waals surface area contributed by atoms with Crippen molar-refractivity contribution >= 4 is 32.3 Å². The van der Waals surface area contributed by atoms with Gasteiger partial charge in [-0.3, -0.25) is 0 Å². The number of fused-ring (bicyclic) bond motifs is 5. The SMILES string of the molecule is Cc1c(-c2ccc(-c3ccc4ccccc4c3-c3ccc(-c4ccc(C#N)cc4)cc3)cc2)nc(-c2ccccc2)nc1-c1ccc(-c2ccc3c(-c4ccc(-c5ccc6ccccc6c5-c5ccc(-c6nc(-c7ccccc7)nc(-c7ccccc7)c6C)cc5)cc4)ccc4c3c2-c2ccccc2-4)cc1. The highest BCUT2D eigenvalue weighted by atomic mass is 14.9. The lowest BCUT2D eigenvalue weighted by atomic mass is 9.87. The Morgan fingerprint density at radius 1 is 0.208 bits per heavy atom. The zero-order chi connectivity index (χ0) is 70.8. The van der Waals surface area contributed by atoms with Crippen LogP contribution in [0.25, 0.3) is 200 Å². The van der Waals surface area contributed by atoms with Crippen molar-refractivity contribution in [3.8, 4) is 174 Å². The minimum absolute atomic E-state index is 0.650. The predicted molar refractivity (Wildman–Crippen MR) is 439 cm³/mol. The Kier molecular flexibility index (Phi) is 15.7. The Labute approximate surface area is 616 Å². The van der Waals surface area contributed by atoms with Gasteiger partial charge in [0.25, 0.3) is 0 Å². The van der Waals surface area contributed by atoms with Gasteiger partial charge in [0.1, 0.15) is 0 Å². The van der Waals surface area contributed by atoms with Crippen molar-refractivity contribution in [3.05, 3.63) is 375 Å². The molecule has 5 heteroatoms. The van der Waals surface area contributed by atoms with Crippen LogP contribution in [0.3, 0.4) is 0 Å². The summed E-state index contributed by atoms with van der Waals surface area (Å²) in [6.45, 7) is 4.29. The van der Waals surface area contributed by atoms with Gasteiger partial charge in [0.15, 0.2) is 11.6 Å². The van der Waals surface area contributed by atoms with Gasteiger partial charge in [0.05, 0.1) is 34.4 Å². The van der Waals surface area contributed by atoms with Crippen LogP contribution >= 0.6 is 0 Å². The molecular formula is C101H65N5. The Hall–Kier alpha value is -14.1. The fourth-order valence-electron chi connectivity index (χ4n) is 16.0. The molecule has 16 aromatic carbocycles. The lowest BCUT2D eigenvalue weighted by Gasteiger charge is -2.17. The molecule has 0 saturated heterocycles. The van der Waals surface area contributed by atoms with E-state index in [1.807, 2.05) is 54.6 Å². The molecule has 0 unspecified atom stereocenters. The van der Waals surface area contributed by atoms with Gasteiger partial charge in [-0.1, -0.05) is 346 Å². The van der Waals surface area contributed by atoms with Crippen molar-refractivity contribution in [2.24, 2.45) is 0 Å². The lowest BCUT2D eigenvalue weighted by Crippen LogP contribution is -2.00. The molecule has 0 radical (unpaired) electrons. The molecule has 2 aromatic heterocycles. The molecule has 2 heterocycles. The third-order valence-electron chi connectivity index (χ3n) is 21.3. The van der Waals surface area contributed by atoms with Crippen molar-refractivity contribution in [2.75, 3.05) is 0 Å². The van der Waals surface area contributed by atoms with Gasteiger partial charge >= 0.3 is 0 Å². The van der Waals surface area contributed by atoms with Crippen LogP contribution in [0.15, 0.2) is 358 Å². The molecule has 0 fully saturated rings. The van der Waals surface area contributed by atoms with Crippen molar-refractivity contribution < 1.29 is 0 Å². The van der Waals surface area contributed by atoms with Crippen LogP contribution in [0, 0.1) is 25.2 Å². The van der Waals surface area contributed by atoms with E-state index < -0.39 is 0 Å². The molecule has 1 aliphatic carbocycles. The number of aromatic nitrogens is 4. The summed E-state index contributed by atoms with van der Waals surface area (Å²) in [6, 6.07) is 130. The summed E-state index contributed by atoms with van der Waals surface area (Å²) < 4.78 is 0. The summed E-state index contributed by atoms with van der Waals surface area (Å²) in [5.41, 5.74) is 33.5. The van der Waals surface area contributed by atoms with Crippen molar-refractivity contribution in [1.82, 2.24) is 19.9 Å². The molecule has 494 valence electrons. The summed E-state index contributed by atoms with van der Waals surface area (Å²) in [5.74, 6) is 1.38. The fraction of sp³-hybridized carbons (Fsp3) is 0.0198. The van der Waals surface area contributed by atoms with E-state index in [0.717, 1.165) is 117 Å².